The van der Waals surface area contributed by atoms with E-state index in [-0.39, 0.29) is 56.4 Å². The first kappa shape index (κ1) is 105. The molecule has 0 radical (unpaired) electrons. The lowest BCUT2D eigenvalue weighted by Crippen LogP contribution is -2.25. The summed E-state index contributed by atoms with van der Waals surface area (Å²) in [5.74, 6) is 2.23. The predicted octanol–water partition coefficient (Wildman–Crippen LogP) is 34.4. The Balaban J connectivity index is 0.000000318. The van der Waals surface area contributed by atoms with Gasteiger partial charge in [0.2, 0.25) is 27.4 Å². The van der Waals surface area contributed by atoms with Crippen molar-refractivity contribution < 1.29 is 89.2 Å². The molecule has 4 aromatic carbocycles. The van der Waals surface area contributed by atoms with E-state index in [9.17, 15) is 70.2 Å². The van der Waals surface area contributed by atoms with Crippen molar-refractivity contribution in [2.75, 3.05) is 27.4 Å². The van der Waals surface area contributed by atoms with Crippen LogP contribution in [0.5, 0.6) is 23.0 Å². The summed E-state index contributed by atoms with van der Waals surface area (Å²) in [6, 6.07) is 10.6. The second kappa shape index (κ2) is 59.7. The second-order valence-electron chi connectivity index (χ2n) is 34.3. The molecule has 0 N–H and O–H groups in total. The van der Waals surface area contributed by atoms with Gasteiger partial charge in [-0.1, -0.05) is 177 Å². The molecule has 0 unspecified atom stereocenters. The summed E-state index contributed by atoms with van der Waals surface area (Å²) < 4.78 is 219. The van der Waals surface area contributed by atoms with Crippen LogP contribution >= 0.6 is 0 Å². The molecule has 0 saturated heterocycles. The highest BCUT2D eigenvalue weighted by atomic mass is 19.2. The molecule has 8 fully saturated rings. The standard InChI is InChI=1S/C24H35F3O.C23H33F3O.C22H31F3O.C21H29F3O.4C2H3F.CH4/c1-2-3-4-5-17-6-8-18(9-7-17)19-10-12-20(13-11-19)21-14-22(26)24(28-16-25)23(27)15-21;1-2-3-4-16-5-7-17(8-6-16)18-9-11-19(12-10-18)20-13-21(25)23(27-15-24)22(26)14-20;1-2-3-15-4-6-16(7-5-15)17-8-10-18(11-9-17)19-12-20(24)22(26-14-23)21(25)13-19;1-2-14-3-5-15(6-4-14)16-7-9-17(10-8-16)18-11-19(23)21(25-13-22)20(24)12-18;4*1-2-3;/h14-15,17-20H,2-13,16H2,1H3;13-14,16-19H,2-12,15H2,1H3;12-13,15-18H,2-11,14H2,1H3;11-12,14-17H,2-10,13H2,1H3;4*2H,1H2;1H4. The van der Waals surface area contributed by atoms with Crippen LogP contribution in [0.15, 0.2) is 100 Å². The van der Waals surface area contributed by atoms with Gasteiger partial charge in [0.1, 0.15) is 0 Å². The van der Waals surface area contributed by atoms with E-state index in [1.165, 1.54) is 215 Å². The number of hydrogen-bond donors (Lipinski definition) is 0. The SMILES string of the molecule is C.C=CF.C=CF.C=CF.C=CF.CCC1CCC(C2CCC(c3cc(F)c(OCF)c(F)c3)CC2)CC1.CCCC1CCC(C2CCC(c3cc(F)c(OCF)c(F)c3)CC2)CC1.CCCCC1CCC(C2CCC(c3cc(F)c(OCF)c(F)c3)CC2)CC1.CCCCCC1CCC(C2CCC(c3cc(F)c(OCF)c(F)c3)CC2)CC1. The molecule has 0 spiro atoms. The summed E-state index contributed by atoms with van der Waals surface area (Å²) >= 11 is 0. The predicted molar refractivity (Wildman–Crippen MR) is 453 cm³/mol. The Morgan fingerprint density at radius 3 is 0.613 bits per heavy atom. The maximum Gasteiger partial charge on any atom is 0.228 e. The van der Waals surface area contributed by atoms with E-state index in [0.717, 1.165) is 174 Å². The minimum Gasteiger partial charge on any atom is -0.457 e. The monoisotopic (exact) mass is 1700 g/mol. The van der Waals surface area contributed by atoms with Crippen LogP contribution < -0.4 is 18.9 Å². The first-order valence-corrected chi connectivity index (χ1v) is 44.7. The Labute approximate surface area is 704 Å². The maximum absolute atomic E-state index is 14.0. The summed E-state index contributed by atoms with van der Waals surface area (Å²) in [7, 11) is 0. The van der Waals surface area contributed by atoms with E-state index >= 15 is 0 Å². The first-order chi connectivity index (χ1) is 57.1. The molecule has 8 aliphatic carbocycles. The minimum absolute atomic E-state index is 0. The fourth-order valence-corrected chi connectivity index (χ4v) is 21.2. The fraction of sp³-hybridized carbons (Fsp3) is 0.677. The number of hydrogen-bond acceptors (Lipinski definition) is 4. The highest BCUT2D eigenvalue weighted by Crippen LogP contribution is 2.51. The van der Waals surface area contributed by atoms with Gasteiger partial charge < -0.3 is 18.9 Å². The lowest BCUT2D eigenvalue weighted by Gasteiger charge is -2.38. The highest BCUT2D eigenvalue weighted by Gasteiger charge is 2.37. The summed E-state index contributed by atoms with van der Waals surface area (Å²) in [6.07, 6.45) is 53.6. The van der Waals surface area contributed by atoms with Crippen molar-refractivity contribution >= 4 is 0 Å². The molecule has 119 heavy (non-hydrogen) atoms. The third kappa shape index (κ3) is 35.2. The van der Waals surface area contributed by atoms with Crippen molar-refractivity contribution in [3.63, 3.8) is 0 Å². The van der Waals surface area contributed by atoms with Gasteiger partial charge in [-0.25, -0.2) is 70.2 Å². The lowest BCUT2D eigenvalue weighted by atomic mass is 9.68. The summed E-state index contributed by atoms with van der Waals surface area (Å²) in [5, 5.41) is 0. The van der Waals surface area contributed by atoms with E-state index in [1.807, 2.05) is 0 Å². The zero-order chi connectivity index (χ0) is 86.3. The summed E-state index contributed by atoms with van der Waals surface area (Å²) in [5.41, 5.74) is 2.77. The number of benzene rings is 4. The first-order valence-electron chi connectivity index (χ1n) is 44.7. The molecular formula is C99H144F16O4. The van der Waals surface area contributed by atoms with Crippen molar-refractivity contribution in [2.24, 2.45) is 71.0 Å². The molecular weight excluding hydrogens is 1560 g/mol. The molecule has 4 aromatic rings. The van der Waals surface area contributed by atoms with Crippen LogP contribution in [0.25, 0.3) is 0 Å². The van der Waals surface area contributed by atoms with E-state index in [0.29, 0.717) is 22.3 Å². The maximum atomic E-state index is 14.0. The van der Waals surface area contributed by atoms with Crippen LogP contribution in [0.2, 0.25) is 0 Å². The van der Waals surface area contributed by atoms with E-state index in [2.05, 4.69) is 73.0 Å². The van der Waals surface area contributed by atoms with Crippen LogP contribution in [0.4, 0.5) is 70.2 Å². The van der Waals surface area contributed by atoms with Crippen LogP contribution in [0.3, 0.4) is 0 Å². The Morgan fingerprint density at radius 2 is 0.437 bits per heavy atom. The van der Waals surface area contributed by atoms with Gasteiger partial charge in [-0.15, -0.1) is 0 Å². The molecule has 12 rings (SSSR count). The molecule has 8 saturated carbocycles. The van der Waals surface area contributed by atoms with Gasteiger partial charge in [0.25, 0.3) is 0 Å². The Bertz CT molecular complexity index is 3270. The number of ether oxygens (including phenoxy) is 4. The Morgan fingerprint density at radius 1 is 0.261 bits per heavy atom. The van der Waals surface area contributed by atoms with Gasteiger partial charge in [0.05, 0.1) is 25.3 Å². The van der Waals surface area contributed by atoms with Crippen molar-refractivity contribution in [1.29, 1.82) is 0 Å². The Kier molecular flexibility index (Phi) is 52.8. The van der Waals surface area contributed by atoms with Gasteiger partial charge in [-0.2, -0.15) is 0 Å². The smallest absolute Gasteiger partial charge is 0.228 e. The van der Waals surface area contributed by atoms with E-state index < -0.39 is 97.0 Å². The fourth-order valence-electron chi connectivity index (χ4n) is 21.2. The van der Waals surface area contributed by atoms with Crippen molar-refractivity contribution in [2.45, 2.75) is 328 Å². The number of unbranched alkanes of at least 4 members (excludes halogenated alkanes) is 3. The normalized spacial score (nSPS) is 26.5. The topological polar surface area (TPSA) is 36.9 Å². The molecule has 8 aliphatic rings. The molecule has 0 atom stereocenters. The molecule has 0 heterocycles. The van der Waals surface area contributed by atoms with Gasteiger partial charge >= 0.3 is 0 Å². The second-order valence-corrected chi connectivity index (χ2v) is 34.3. The molecule has 0 aliphatic heterocycles. The van der Waals surface area contributed by atoms with Gasteiger partial charge in [-0.05, 0) is 320 Å². The average Bonchev–Trinajstić information content (AvgIpc) is 0.823. The number of rotatable bonds is 26. The van der Waals surface area contributed by atoms with Gasteiger partial charge in [-0.3, -0.25) is 0 Å². The molecule has 20 heteroatoms. The quantitative estimate of drug-likeness (QED) is 0.0464. The largest absolute Gasteiger partial charge is 0.457 e. The van der Waals surface area contributed by atoms with E-state index in [4.69, 9.17) is 0 Å². The minimum atomic E-state index is -1.22. The van der Waals surface area contributed by atoms with E-state index in [1.54, 1.807) is 0 Å². The molecule has 0 amide bonds. The number of halogens is 16. The van der Waals surface area contributed by atoms with Gasteiger partial charge in [0, 0.05) is 0 Å². The van der Waals surface area contributed by atoms with Crippen molar-refractivity contribution in [1.82, 2.24) is 0 Å². The zero-order valence-electron chi connectivity index (χ0n) is 71.2. The van der Waals surface area contributed by atoms with Crippen molar-refractivity contribution in [3.8, 4) is 23.0 Å². The summed E-state index contributed by atoms with van der Waals surface area (Å²) in [6.45, 7) is 15.0. The third-order valence-corrected chi connectivity index (χ3v) is 27.5. The summed E-state index contributed by atoms with van der Waals surface area (Å²) in [4.78, 5) is 0. The van der Waals surface area contributed by atoms with Crippen molar-refractivity contribution in [3.05, 3.63) is 169 Å². The molecule has 676 valence electrons. The molecule has 4 nitrogen and oxygen atoms in total. The Hall–Kier alpha value is -6.08. The average molecular weight is 1700 g/mol. The molecule has 0 aromatic heterocycles. The molecule has 0 bridgehead atoms. The van der Waals surface area contributed by atoms with Crippen LogP contribution in [0.1, 0.15) is 351 Å². The third-order valence-electron chi connectivity index (χ3n) is 27.5. The highest BCUT2D eigenvalue weighted by molar-refractivity contribution is 5.37. The zero-order valence-corrected chi connectivity index (χ0v) is 71.2. The van der Waals surface area contributed by atoms with Crippen LogP contribution in [-0.4, -0.2) is 27.4 Å². The van der Waals surface area contributed by atoms with Gasteiger partial charge in [0.15, 0.2) is 69.5 Å². The van der Waals surface area contributed by atoms with Crippen LogP contribution in [0, 0.1) is 118 Å². The number of alkyl halides is 4. The van der Waals surface area contributed by atoms with Crippen LogP contribution in [-0.2, 0) is 0 Å². The lowest BCUT2D eigenvalue weighted by molar-refractivity contribution is 0.155.